The van der Waals surface area contributed by atoms with E-state index >= 15 is 0 Å². The first-order valence-corrected chi connectivity index (χ1v) is 15.0. The molecule has 13 heteroatoms. The van der Waals surface area contributed by atoms with Gasteiger partial charge in [-0.25, -0.2) is 18.4 Å². The van der Waals surface area contributed by atoms with Gasteiger partial charge in [0.1, 0.15) is 17.7 Å². The Balaban J connectivity index is 1.51. The number of ether oxygens (including phenoxy) is 1. The lowest BCUT2D eigenvalue weighted by Crippen LogP contribution is -2.59. The minimum absolute atomic E-state index is 0.0169. The molecule has 0 saturated carbocycles. The summed E-state index contributed by atoms with van der Waals surface area (Å²) in [5, 5.41) is 17.6. The number of rotatable bonds is 7. The Morgan fingerprint density at radius 2 is 1.95 bits per heavy atom. The van der Waals surface area contributed by atoms with Crippen molar-refractivity contribution in [3.63, 3.8) is 0 Å². The quantitative estimate of drug-likeness (QED) is 0.492. The molecule has 0 radical (unpaired) electrons. The van der Waals surface area contributed by atoms with Gasteiger partial charge in [-0.3, -0.25) is 14.5 Å². The molecule has 1 aromatic carbocycles. The third-order valence-electron chi connectivity index (χ3n) is 7.75. The molecule has 0 aromatic heterocycles. The van der Waals surface area contributed by atoms with Gasteiger partial charge in [-0.1, -0.05) is 19.1 Å². The van der Waals surface area contributed by atoms with Gasteiger partial charge in [-0.05, 0) is 64.2 Å². The second-order valence-electron chi connectivity index (χ2n) is 12.1. The Labute approximate surface area is 235 Å². The zero-order chi connectivity index (χ0) is 29.6. The van der Waals surface area contributed by atoms with Crippen LogP contribution < -0.4 is 10.5 Å². The zero-order valence-corrected chi connectivity index (χ0v) is 24.3. The molecule has 12 nitrogen and oxygen atoms in total. The van der Waals surface area contributed by atoms with E-state index in [1.54, 1.807) is 37.8 Å². The SMILES string of the molecule is CC1CC(C#N)N(C(=O)C(CN2C[C@@H]3CC2C(=O)N3C(C)c2cccc(S(N)(=O)=O)c2)NC(=O)OC(C)(C)C)C1. The van der Waals surface area contributed by atoms with Gasteiger partial charge in [0.2, 0.25) is 21.8 Å². The number of carbonyl (C=O) groups excluding carboxylic acids is 3. The van der Waals surface area contributed by atoms with Crippen LogP contribution in [0.4, 0.5) is 4.79 Å². The van der Waals surface area contributed by atoms with E-state index < -0.39 is 39.8 Å². The normalized spacial score (nSPS) is 26.5. The molecule has 1 aromatic rings. The van der Waals surface area contributed by atoms with E-state index in [0.29, 0.717) is 31.5 Å². The van der Waals surface area contributed by atoms with Crippen LogP contribution >= 0.6 is 0 Å². The molecule has 3 N–H and O–H groups in total. The van der Waals surface area contributed by atoms with Crippen LogP contribution in [0.1, 0.15) is 59.1 Å². The molecule has 6 atom stereocenters. The predicted octanol–water partition coefficient (Wildman–Crippen LogP) is 1.33. The maximum atomic E-state index is 13.6. The number of primary sulfonamides is 1. The standard InChI is InChI=1S/C27H38N6O6S/c1-16-9-19(12-28)32(13-16)24(34)22(30-26(36)39-27(3,4)5)15-31-14-20-11-23(31)25(35)33(20)17(2)18-7-6-8-21(10-18)40(29,37)38/h6-8,10,16-17,19-20,22-23H,9,11,13-15H2,1-5H3,(H,30,36)(H2,29,37,38)/t16?,17?,19?,20-,22?,23?/m0/s1. The van der Waals surface area contributed by atoms with E-state index in [4.69, 9.17) is 9.88 Å². The van der Waals surface area contributed by atoms with Crippen molar-refractivity contribution in [1.29, 1.82) is 5.26 Å². The lowest BCUT2D eigenvalue weighted by Gasteiger charge is -2.39. The lowest BCUT2D eigenvalue weighted by molar-refractivity contribution is -0.141. The topological polar surface area (TPSA) is 166 Å². The fourth-order valence-electron chi connectivity index (χ4n) is 5.99. The first kappa shape index (κ1) is 29.8. The number of sulfonamides is 1. The largest absolute Gasteiger partial charge is 0.444 e. The Kier molecular flexibility index (Phi) is 8.18. The van der Waals surface area contributed by atoms with Gasteiger partial charge in [-0.15, -0.1) is 0 Å². The van der Waals surface area contributed by atoms with Gasteiger partial charge in [0.05, 0.1) is 23.0 Å². The second kappa shape index (κ2) is 11.0. The number of benzene rings is 1. The summed E-state index contributed by atoms with van der Waals surface area (Å²) in [5.41, 5.74) is -0.112. The number of nitrogens with one attached hydrogen (secondary N) is 1. The number of fused-ring (bicyclic) bond motifs is 2. The highest BCUT2D eigenvalue weighted by Gasteiger charge is 2.52. The van der Waals surface area contributed by atoms with E-state index in [1.165, 1.54) is 17.0 Å². The molecule has 3 saturated heterocycles. The molecule has 3 aliphatic rings. The van der Waals surface area contributed by atoms with Crippen molar-refractivity contribution < 1.29 is 27.5 Å². The molecule has 3 aliphatic heterocycles. The average molecular weight is 575 g/mol. The van der Waals surface area contributed by atoms with E-state index in [9.17, 15) is 28.1 Å². The van der Waals surface area contributed by atoms with Crippen LogP contribution in [-0.4, -0.2) is 90.4 Å². The molecular weight excluding hydrogens is 536 g/mol. The van der Waals surface area contributed by atoms with Gasteiger partial charge >= 0.3 is 6.09 Å². The lowest BCUT2D eigenvalue weighted by atomic mass is 10.1. The first-order valence-electron chi connectivity index (χ1n) is 13.5. The molecule has 218 valence electrons. The maximum Gasteiger partial charge on any atom is 0.408 e. The number of nitriles is 1. The minimum Gasteiger partial charge on any atom is -0.444 e. The first-order chi connectivity index (χ1) is 18.6. The van der Waals surface area contributed by atoms with Crippen LogP contribution in [0.3, 0.4) is 0 Å². The van der Waals surface area contributed by atoms with Gasteiger partial charge in [0, 0.05) is 25.7 Å². The van der Waals surface area contributed by atoms with Gasteiger partial charge < -0.3 is 19.9 Å². The smallest absolute Gasteiger partial charge is 0.408 e. The summed E-state index contributed by atoms with van der Waals surface area (Å²) in [7, 11) is -3.89. The monoisotopic (exact) mass is 574 g/mol. The summed E-state index contributed by atoms with van der Waals surface area (Å²) in [4.78, 5) is 45.0. The van der Waals surface area contributed by atoms with Crippen LogP contribution in [0.15, 0.2) is 29.2 Å². The molecule has 5 unspecified atom stereocenters. The van der Waals surface area contributed by atoms with Gasteiger partial charge in [0.15, 0.2) is 0 Å². The minimum atomic E-state index is -3.89. The second-order valence-corrected chi connectivity index (χ2v) is 13.6. The van der Waals surface area contributed by atoms with E-state index in [1.807, 2.05) is 18.7 Å². The van der Waals surface area contributed by atoms with Gasteiger partial charge in [-0.2, -0.15) is 5.26 Å². The number of alkyl carbamates (subject to hydrolysis) is 1. The fraction of sp³-hybridized carbons (Fsp3) is 0.630. The van der Waals surface area contributed by atoms with E-state index in [0.717, 1.165) is 0 Å². The number of carbonyl (C=O) groups is 3. The van der Waals surface area contributed by atoms with Crippen molar-refractivity contribution in [1.82, 2.24) is 20.0 Å². The number of nitrogens with zero attached hydrogens (tertiary/aromatic N) is 4. The number of amides is 3. The van der Waals surface area contributed by atoms with Crippen LogP contribution in [0.25, 0.3) is 0 Å². The van der Waals surface area contributed by atoms with E-state index in [-0.39, 0.29) is 41.3 Å². The highest BCUT2D eigenvalue weighted by molar-refractivity contribution is 7.89. The molecule has 40 heavy (non-hydrogen) atoms. The molecular formula is C27H38N6O6S. The molecule has 3 heterocycles. The third kappa shape index (κ3) is 6.24. The number of piperazine rings is 1. The number of likely N-dealkylation sites (tertiary alicyclic amines) is 3. The molecule has 0 spiro atoms. The van der Waals surface area contributed by atoms with Crippen LogP contribution in [0.2, 0.25) is 0 Å². The number of hydrogen-bond donors (Lipinski definition) is 2. The Morgan fingerprint density at radius 1 is 1.25 bits per heavy atom. The summed E-state index contributed by atoms with van der Waals surface area (Å²) in [6.07, 6.45) is 0.369. The van der Waals surface area contributed by atoms with Crippen molar-refractivity contribution >= 4 is 27.9 Å². The van der Waals surface area contributed by atoms with Crippen molar-refractivity contribution in [3.05, 3.63) is 29.8 Å². The zero-order valence-electron chi connectivity index (χ0n) is 23.5. The Morgan fingerprint density at radius 3 is 2.55 bits per heavy atom. The van der Waals surface area contributed by atoms with Crippen molar-refractivity contribution in [3.8, 4) is 6.07 Å². The van der Waals surface area contributed by atoms with Crippen LogP contribution in [-0.2, 0) is 24.3 Å². The van der Waals surface area contributed by atoms with Crippen molar-refractivity contribution in [2.75, 3.05) is 19.6 Å². The highest BCUT2D eigenvalue weighted by atomic mass is 32.2. The van der Waals surface area contributed by atoms with Crippen LogP contribution in [0, 0.1) is 17.2 Å². The van der Waals surface area contributed by atoms with Crippen molar-refractivity contribution in [2.24, 2.45) is 11.1 Å². The summed E-state index contributed by atoms with van der Waals surface area (Å²) >= 11 is 0. The Bertz CT molecular complexity index is 1320. The predicted molar refractivity (Wildman–Crippen MR) is 145 cm³/mol. The maximum absolute atomic E-state index is 13.6. The Hall–Kier alpha value is -3.21. The van der Waals surface area contributed by atoms with E-state index in [2.05, 4.69) is 11.4 Å². The number of hydrogen-bond acceptors (Lipinski definition) is 8. The molecule has 4 rings (SSSR count). The summed E-state index contributed by atoms with van der Waals surface area (Å²) in [6.45, 7) is 9.98. The average Bonchev–Trinajstić information content (AvgIpc) is 3.53. The fourth-order valence-corrected chi connectivity index (χ4v) is 6.56. The molecule has 0 aliphatic carbocycles. The van der Waals surface area contributed by atoms with Crippen molar-refractivity contribution in [2.45, 2.75) is 88.2 Å². The summed E-state index contributed by atoms with van der Waals surface area (Å²) in [5.74, 6) is -0.345. The molecule has 3 amide bonds. The van der Waals surface area contributed by atoms with Gasteiger partial charge in [0.25, 0.3) is 0 Å². The number of nitrogens with two attached hydrogens (primary N) is 1. The molecule has 3 fully saturated rings. The highest BCUT2D eigenvalue weighted by Crippen LogP contribution is 2.38. The third-order valence-corrected chi connectivity index (χ3v) is 8.66. The van der Waals surface area contributed by atoms with Crippen LogP contribution in [0.5, 0.6) is 0 Å². The summed E-state index contributed by atoms with van der Waals surface area (Å²) in [6, 6.07) is 5.85. The molecule has 2 bridgehead atoms. The summed E-state index contributed by atoms with van der Waals surface area (Å²) < 4.78 is 29.1.